The van der Waals surface area contributed by atoms with E-state index < -0.39 is 86.7 Å². The van der Waals surface area contributed by atoms with Crippen LogP contribution in [0.1, 0.15) is 11.1 Å². The van der Waals surface area contributed by atoms with Crippen molar-refractivity contribution in [2.75, 3.05) is 0 Å². The van der Waals surface area contributed by atoms with E-state index in [1.807, 2.05) is 0 Å². The molecule has 3 rings (SSSR count). The predicted molar refractivity (Wildman–Crippen MR) is 71.0 cm³/mol. The van der Waals surface area contributed by atoms with Crippen LogP contribution < -0.4 is 5.43 Å². The first kappa shape index (κ1) is 21.7. The topological polar surface area (TPSA) is 44.6 Å². The van der Waals surface area contributed by atoms with Gasteiger partial charge in [0, 0.05) is 0 Å². The molecule has 1 unspecified atom stereocenters. The zero-order valence-corrected chi connectivity index (χ0v) is 13.4. The Balaban J connectivity index is 2.29. The van der Waals surface area contributed by atoms with Crippen LogP contribution in [0, 0.1) is 58.2 Å². The number of nitrogens with zero attached hydrogens (tertiary/aromatic N) is 1. The first-order valence-electron chi connectivity index (χ1n) is 7.19. The molecule has 1 aliphatic rings. The maximum Gasteiger partial charge on any atom is 0.344 e. The van der Waals surface area contributed by atoms with E-state index in [2.05, 4.69) is 5.10 Å². The molecule has 162 valence electrons. The molecular weight excluding hydrogens is 452 g/mol. The summed E-state index contributed by atoms with van der Waals surface area (Å²) in [6.07, 6.45) is 0. The molecule has 0 spiro atoms. The molecule has 0 amide bonds. The number of alkyl halides is 2. The second-order valence-electron chi connectivity index (χ2n) is 5.75. The molecule has 0 saturated carbocycles. The van der Waals surface area contributed by atoms with Crippen LogP contribution in [0.25, 0.3) is 0 Å². The van der Waals surface area contributed by atoms with Gasteiger partial charge >= 0.3 is 5.92 Å². The largest absolute Gasteiger partial charge is 0.361 e. The van der Waals surface area contributed by atoms with Gasteiger partial charge in [-0.3, -0.25) is 5.43 Å². The summed E-state index contributed by atoms with van der Waals surface area (Å²) in [6, 6.07) is 0. The highest BCUT2D eigenvalue weighted by molar-refractivity contribution is 6.08. The number of nitrogens with one attached hydrogen (secondary N) is 1. The van der Waals surface area contributed by atoms with Crippen molar-refractivity contribution in [2.45, 2.75) is 11.6 Å². The van der Waals surface area contributed by atoms with Gasteiger partial charge in [0.1, 0.15) is 5.71 Å². The van der Waals surface area contributed by atoms with Crippen molar-refractivity contribution in [3.8, 4) is 0 Å². The highest BCUT2D eigenvalue weighted by Crippen LogP contribution is 2.46. The molecule has 0 bridgehead atoms. The van der Waals surface area contributed by atoms with E-state index >= 15 is 0 Å². The van der Waals surface area contributed by atoms with Crippen LogP contribution in [0.3, 0.4) is 0 Å². The highest BCUT2D eigenvalue weighted by atomic mass is 19.3. The number of hydrogen-bond donors (Lipinski definition) is 2. The normalized spacial score (nSPS) is 20.4. The predicted octanol–water partition coefficient (Wildman–Crippen LogP) is 3.87. The molecule has 3 nitrogen and oxygen atoms in total. The van der Waals surface area contributed by atoms with E-state index in [0.29, 0.717) is 0 Å². The van der Waals surface area contributed by atoms with Crippen molar-refractivity contribution in [3.63, 3.8) is 0 Å². The molecule has 0 aliphatic carbocycles. The smallest absolute Gasteiger partial charge is 0.344 e. The van der Waals surface area contributed by atoms with E-state index in [4.69, 9.17) is 0 Å². The van der Waals surface area contributed by atoms with Gasteiger partial charge in [-0.1, -0.05) is 0 Å². The summed E-state index contributed by atoms with van der Waals surface area (Å²) >= 11 is 0. The van der Waals surface area contributed by atoms with Gasteiger partial charge in [-0.15, -0.1) is 0 Å². The Morgan fingerprint density at radius 1 is 0.567 bits per heavy atom. The van der Waals surface area contributed by atoms with Crippen LogP contribution in [0.15, 0.2) is 5.10 Å². The molecule has 0 fully saturated rings. The maximum atomic E-state index is 14.7. The summed E-state index contributed by atoms with van der Waals surface area (Å²) in [4.78, 5) is 0. The minimum absolute atomic E-state index is 0.837. The number of rotatable bonds is 2. The fourth-order valence-electron chi connectivity index (χ4n) is 2.61. The molecule has 2 aromatic carbocycles. The van der Waals surface area contributed by atoms with E-state index in [1.165, 1.54) is 0 Å². The first-order chi connectivity index (χ1) is 13.7. The quantitative estimate of drug-likeness (QED) is 0.412. The molecule has 2 aromatic rings. The lowest BCUT2D eigenvalue weighted by Crippen LogP contribution is -2.54. The molecule has 1 aliphatic heterocycles. The van der Waals surface area contributed by atoms with E-state index in [-0.39, 0.29) is 0 Å². The minimum Gasteiger partial charge on any atom is -0.361 e. The van der Waals surface area contributed by atoms with Gasteiger partial charge in [0.05, 0.1) is 11.1 Å². The van der Waals surface area contributed by atoms with Crippen LogP contribution in [0.4, 0.5) is 52.7 Å². The zero-order chi connectivity index (χ0) is 22.9. The summed E-state index contributed by atoms with van der Waals surface area (Å²) in [7, 11) is 0. The zero-order valence-electron chi connectivity index (χ0n) is 13.4. The van der Waals surface area contributed by atoms with Gasteiger partial charge in [-0.25, -0.2) is 43.9 Å². The maximum absolute atomic E-state index is 14.7. The standard InChI is InChI=1S/C15H2F12N2O/c16-3-1(4(17)8(21)11(24)7(3)20)13-14(26,27)15(30,29-28-13)2-5(18)9(22)12(25)10(23)6(2)19/h29-30H. The summed E-state index contributed by atoms with van der Waals surface area (Å²) in [5.74, 6) is -33.7. The second-order valence-corrected chi connectivity index (χ2v) is 5.75. The van der Waals surface area contributed by atoms with Crippen molar-refractivity contribution in [3.05, 3.63) is 69.3 Å². The lowest BCUT2D eigenvalue weighted by molar-refractivity contribution is -0.154. The van der Waals surface area contributed by atoms with Crippen molar-refractivity contribution in [2.24, 2.45) is 5.10 Å². The van der Waals surface area contributed by atoms with Crippen LogP contribution >= 0.6 is 0 Å². The minimum atomic E-state index is -5.48. The molecule has 0 saturated heterocycles. The molecular formula is C15H2F12N2O. The molecule has 15 heteroatoms. The van der Waals surface area contributed by atoms with Gasteiger partial charge in [0.25, 0.3) is 5.72 Å². The summed E-state index contributed by atoms with van der Waals surface area (Å²) in [6.45, 7) is 0. The fourth-order valence-corrected chi connectivity index (χ4v) is 2.61. The van der Waals surface area contributed by atoms with E-state index in [1.54, 1.807) is 0 Å². The Bertz CT molecular complexity index is 1070. The average molecular weight is 454 g/mol. The van der Waals surface area contributed by atoms with Gasteiger partial charge < -0.3 is 5.11 Å². The van der Waals surface area contributed by atoms with Crippen molar-refractivity contribution in [1.82, 2.24) is 5.43 Å². The molecule has 1 heterocycles. The molecule has 30 heavy (non-hydrogen) atoms. The molecule has 2 N–H and O–H groups in total. The number of hydrazone groups is 1. The summed E-state index contributed by atoms with van der Waals surface area (Å²) in [5, 5.41) is 12.4. The van der Waals surface area contributed by atoms with E-state index in [9.17, 15) is 57.8 Å². The van der Waals surface area contributed by atoms with Crippen LogP contribution in [0.2, 0.25) is 0 Å². The van der Waals surface area contributed by atoms with Crippen molar-refractivity contribution in [1.29, 1.82) is 0 Å². The Morgan fingerprint density at radius 2 is 0.900 bits per heavy atom. The molecule has 1 atom stereocenters. The summed E-state index contributed by atoms with van der Waals surface area (Å²) in [5.41, 5.74) is -11.3. The second kappa shape index (κ2) is 6.52. The monoisotopic (exact) mass is 454 g/mol. The van der Waals surface area contributed by atoms with Crippen LogP contribution in [0.5, 0.6) is 0 Å². The van der Waals surface area contributed by atoms with Gasteiger partial charge in [0.15, 0.2) is 46.5 Å². The van der Waals surface area contributed by atoms with E-state index in [0.717, 1.165) is 5.43 Å². The highest BCUT2D eigenvalue weighted by Gasteiger charge is 2.66. The Labute approximate surface area is 156 Å². The first-order valence-corrected chi connectivity index (χ1v) is 7.19. The van der Waals surface area contributed by atoms with Crippen molar-refractivity contribution >= 4 is 5.71 Å². The number of aliphatic hydroxyl groups is 1. The third kappa shape index (κ3) is 2.50. The molecule has 0 radical (unpaired) electrons. The Hall–Kier alpha value is -2.97. The fraction of sp³-hybridized carbons (Fsp3) is 0.133. The third-order valence-electron chi connectivity index (χ3n) is 4.10. The average Bonchev–Trinajstić information content (AvgIpc) is 2.92. The van der Waals surface area contributed by atoms with Crippen molar-refractivity contribution < 1.29 is 57.8 Å². The van der Waals surface area contributed by atoms with Gasteiger partial charge in [0.2, 0.25) is 11.6 Å². The third-order valence-corrected chi connectivity index (χ3v) is 4.10. The Morgan fingerprint density at radius 3 is 1.30 bits per heavy atom. The summed E-state index contributed by atoms with van der Waals surface area (Å²) < 4.78 is 164. The SMILES string of the molecule is OC1(c2c(F)c(F)c(F)c(F)c2F)NN=C(c2c(F)c(F)c(F)c(F)c2F)C1(F)F. The van der Waals surface area contributed by atoms with Gasteiger partial charge in [-0.05, 0) is 0 Å². The van der Waals surface area contributed by atoms with Gasteiger partial charge in [-0.2, -0.15) is 13.9 Å². The van der Waals surface area contributed by atoms with Crippen LogP contribution in [-0.2, 0) is 5.72 Å². The Kier molecular flexibility index (Phi) is 4.72. The number of hydrogen-bond acceptors (Lipinski definition) is 3. The number of benzene rings is 2. The lowest BCUT2D eigenvalue weighted by Gasteiger charge is -2.30. The lowest BCUT2D eigenvalue weighted by atomic mass is 9.90. The van der Waals surface area contributed by atoms with Crippen LogP contribution in [-0.4, -0.2) is 16.7 Å². The number of halogens is 12. The molecule has 0 aromatic heterocycles.